The van der Waals surface area contributed by atoms with Crippen LogP contribution in [0.1, 0.15) is 13.3 Å². The molecular weight excluding hydrogens is 270 g/mol. The van der Waals surface area contributed by atoms with Crippen LogP contribution < -0.4 is 4.72 Å². The maximum atomic E-state index is 12.0. The maximum absolute atomic E-state index is 12.0. The van der Waals surface area contributed by atoms with E-state index in [2.05, 4.69) is 9.71 Å². The molecule has 1 heterocycles. The lowest BCUT2D eigenvalue weighted by Crippen LogP contribution is -2.33. The molecule has 1 aliphatic rings. The summed E-state index contributed by atoms with van der Waals surface area (Å²) in [6.45, 7) is 2.51. The molecule has 0 bridgehead atoms. The van der Waals surface area contributed by atoms with E-state index >= 15 is 0 Å². The van der Waals surface area contributed by atoms with Crippen LogP contribution in [0.4, 0.5) is 0 Å². The third-order valence-electron chi connectivity index (χ3n) is 2.96. The third-order valence-corrected chi connectivity index (χ3v) is 4.33. The summed E-state index contributed by atoms with van der Waals surface area (Å²) >= 11 is 0. The Kier molecular flexibility index (Phi) is 3.72. The molecule has 2 unspecified atom stereocenters. The lowest BCUT2D eigenvalue weighted by atomic mass is 10.1. The molecule has 0 radical (unpaired) electrons. The van der Waals surface area contributed by atoms with Crippen LogP contribution in [0.2, 0.25) is 0 Å². The van der Waals surface area contributed by atoms with Gasteiger partial charge < -0.3 is 9.67 Å². The topological polar surface area (TPSA) is 101 Å². The molecule has 0 fully saturated rings. The summed E-state index contributed by atoms with van der Waals surface area (Å²) in [6.07, 6.45) is 6.17. The highest BCUT2D eigenvalue weighted by Crippen LogP contribution is 2.19. The van der Waals surface area contributed by atoms with E-state index in [1.165, 1.54) is 18.6 Å². The van der Waals surface area contributed by atoms with Gasteiger partial charge in [-0.05, 0) is 13.3 Å². The molecule has 0 aliphatic heterocycles. The second kappa shape index (κ2) is 5.14. The highest BCUT2D eigenvalue weighted by molar-refractivity contribution is 7.89. The minimum Gasteiger partial charge on any atom is -0.481 e. The van der Waals surface area contributed by atoms with Gasteiger partial charge in [0.1, 0.15) is 0 Å². The zero-order valence-corrected chi connectivity index (χ0v) is 11.2. The molecule has 0 saturated carbocycles. The fourth-order valence-electron chi connectivity index (χ4n) is 1.88. The second-order valence-electron chi connectivity index (χ2n) is 4.34. The summed E-state index contributed by atoms with van der Waals surface area (Å²) < 4.78 is 28.1. The van der Waals surface area contributed by atoms with Gasteiger partial charge in [0.05, 0.1) is 12.2 Å². The zero-order chi connectivity index (χ0) is 14.0. The van der Waals surface area contributed by atoms with E-state index in [0.29, 0.717) is 6.54 Å². The molecule has 0 spiro atoms. The van der Waals surface area contributed by atoms with E-state index in [9.17, 15) is 13.2 Å². The van der Waals surface area contributed by atoms with E-state index < -0.39 is 28.0 Å². The third kappa shape index (κ3) is 3.02. The van der Waals surface area contributed by atoms with Gasteiger partial charge in [-0.25, -0.2) is 18.1 Å². The van der Waals surface area contributed by atoms with Gasteiger partial charge in [0.25, 0.3) is 10.0 Å². The molecule has 1 aromatic heterocycles. The van der Waals surface area contributed by atoms with Crippen LogP contribution in [-0.4, -0.2) is 35.1 Å². The van der Waals surface area contributed by atoms with Crippen molar-refractivity contribution >= 4 is 16.0 Å². The largest absolute Gasteiger partial charge is 0.481 e. The molecule has 2 atom stereocenters. The van der Waals surface area contributed by atoms with Gasteiger partial charge in [-0.2, -0.15) is 0 Å². The Morgan fingerprint density at radius 2 is 2.32 bits per heavy atom. The Morgan fingerprint density at radius 1 is 1.58 bits per heavy atom. The van der Waals surface area contributed by atoms with Gasteiger partial charge in [0.15, 0.2) is 5.03 Å². The highest BCUT2D eigenvalue weighted by Gasteiger charge is 2.28. The highest BCUT2D eigenvalue weighted by atomic mass is 32.2. The summed E-state index contributed by atoms with van der Waals surface area (Å²) in [7, 11) is -3.71. The second-order valence-corrected chi connectivity index (χ2v) is 6.00. The minimum absolute atomic E-state index is 0.0541. The number of imidazole rings is 1. The molecule has 0 aromatic carbocycles. The van der Waals surface area contributed by atoms with Crippen LogP contribution in [0.3, 0.4) is 0 Å². The van der Waals surface area contributed by atoms with Crippen molar-refractivity contribution in [1.82, 2.24) is 14.3 Å². The predicted octanol–water partition coefficient (Wildman–Crippen LogP) is 0.211. The first kappa shape index (κ1) is 13.8. The molecule has 0 amide bonds. The van der Waals surface area contributed by atoms with E-state index in [4.69, 9.17) is 5.11 Å². The lowest BCUT2D eigenvalue weighted by molar-refractivity contribution is -0.140. The maximum Gasteiger partial charge on any atom is 0.310 e. The van der Waals surface area contributed by atoms with E-state index in [-0.39, 0.29) is 11.4 Å². The molecule has 2 N–H and O–H groups in total. The Hall–Kier alpha value is -1.67. The number of hydrogen-bond acceptors (Lipinski definition) is 4. The number of aryl methyl sites for hydroxylation is 1. The number of aliphatic carboxylic acids is 1. The van der Waals surface area contributed by atoms with Crippen molar-refractivity contribution in [2.75, 3.05) is 0 Å². The molecule has 0 saturated heterocycles. The molecule has 7 nitrogen and oxygen atoms in total. The smallest absolute Gasteiger partial charge is 0.310 e. The van der Waals surface area contributed by atoms with Crippen molar-refractivity contribution in [1.29, 1.82) is 0 Å². The molecule has 19 heavy (non-hydrogen) atoms. The van der Waals surface area contributed by atoms with Crippen molar-refractivity contribution in [2.45, 2.75) is 31.0 Å². The number of hydrogen-bond donors (Lipinski definition) is 2. The van der Waals surface area contributed by atoms with Crippen LogP contribution in [0.5, 0.6) is 0 Å². The number of carboxylic acid groups (broad SMARTS) is 1. The molecule has 2 rings (SSSR count). The molecule has 8 heteroatoms. The Labute approximate surface area is 111 Å². The molecule has 1 aliphatic carbocycles. The van der Waals surface area contributed by atoms with Gasteiger partial charge in [-0.3, -0.25) is 4.79 Å². The Balaban J connectivity index is 2.07. The number of carboxylic acids is 1. The summed E-state index contributed by atoms with van der Waals surface area (Å²) in [5.74, 6) is -1.59. The first-order chi connectivity index (χ1) is 8.92. The van der Waals surface area contributed by atoms with E-state index in [1.54, 1.807) is 10.6 Å². The number of carbonyl (C=O) groups is 1. The van der Waals surface area contributed by atoms with Crippen LogP contribution in [0.25, 0.3) is 0 Å². The summed E-state index contributed by atoms with van der Waals surface area (Å²) in [5, 5.41) is 8.78. The number of rotatable bonds is 5. The summed E-state index contributed by atoms with van der Waals surface area (Å²) in [4.78, 5) is 14.6. The lowest BCUT2D eigenvalue weighted by Gasteiger charge is -2.11. The fourth-order valence-corrected chi connectivity index (χ4v) is 3.03. The van der Waals surface area contributed by atoms with Gasteiger partial charge in [0.2, 0.25) is 0 Å². The molecule has 1 aromatic rings. The van der Waals surface area contributed by atoms with Crippen molar-refractivity contribution in [3.05, 3.63) is 24.7 Å². The van der Waals surface area contributed by atoms with Gasteiger partial charge in [-0.15, -0.1) is 0 Å². The van der Waals surface area contributed by atoms with Crippen LogP contribution in [0, 0.1) is 5.92 Å². The first-order valence-electron chi connectivity index (χ1n) is 5.87. The molecular formula is C11H15N3O4S. The normalized spacial score (nSPS) is 22.8. The van der Waals surface area contributed by atoms with Crippen molar-refractivity contribution in [3.63, 3.8) is 0 Å². The van der Waals surface area contributed by atoms with Crippen molar-refractivity contribution < 1.29 is 18.3 Å². The Morgan fingerprint density at radius 3 is 2.84 bits per heavy atom. The van der Waals surface area contributed by atoms with Crippen molar-refractivity contribution in [2.24, 2.45) is 5.92 Å². The SMILES string of the molecule is CCn1cnc(S(=O)(=O)NC2C=CC(C(=O)O)C2)c1. The number of sulfonamides is 1. The fraction of sp³-hybridized carbons (Fsp3) is 0.455. The van der Waals surface area contributed by atoms with Crippen LogP contribution in [-0.2, 0) is 21.4 Å². The summed E-state index contributed by atoms with van der Waals surface area (Å²) in [5.41, 5.74) is 0. The first-order valence-corrected chi connectivity index (χ1v) is 7.36. The van der Waals surface area contributed by atoms with Gasteiger partial charge >= 0.3 is 5.97 Å². The minimum atomic E-state index is -3.71. The quantitative estimate of drug-likeness (QED) is 0.753. The zero-order valence-electron chi connectivity index (χ0n) is 10.4. The average molecular weight is 285 g/mol. The predicted molar refractivity (Wildman–Crippen MR) is 66.9 cm³/mol. The molecule has 104 valence electrons. The number of nitrogens with one attached hydrogen (secondary N) is 1. The van der Waals surface area contributed by atoms with Gasteiger partial charge in [-0.1, -0.05) is 12.2 Å². The Bertz CT molecular complexity index is 605. The number of aromatic nitrogens is 2. The van der Waals surface area contributed by atoms with E-state index in [1.807, 2.05) is 6.92 Å². The average Bonchev–Trinajstić information content (AvgIpc) is 2.96. The number of nitrogens with zero attached hydrogens (tertiary/aromatic N) is 2. The van der Waals surface area contributed by atoms with E-state index in [0.717, 1.165) is 0 Å². The van der Waals surface area contributed by atoms with Crippen LogP contribution >= 0.6 is 0 Å². The summed E-state index contributed by atoms with van der Waals surface area (Å²) in [6, 6.07) is -0.502. The monoisotopic (exact) mass is 285 g/mol. The van der Waals surface area contributed by atoms with Gasteiger partial charge in [0, 0.05) is 18.8 Å². The van der Waals surface area contributed by atoms with Crippen LogP contribution in [0.15, 0.2) is 29.7 Å². The standard InChI is InChI=1S/C11H15N3O4S/c1-2-14-6-10(12-7-14)19(17,18)13-9-4-3-8(5-9)11(15)16/h3-4,6-9,13H,2,5H2,1H3,(H,15,16). The van der Waals surface area contributed by atoms with Crippen molar-refractivity contribution in [3.8, 4) is 0 Å².